The summed E-state index contributed by atoms with van der Waals surface area (Å²) in [6.07, 6.45) is 7.45. The molecule has 0 radical (unpaired) electrons. The molecule has 3 unspecified atom stereocenters. The van der Waals surface area contributed by atoms with Crippen LogP contribution in [0.2, 0.25) is 0 Å². The van der Waals surface area contributed by atoms with Gasteiger partial charge in [-0.1, -0.05) is 37.1 Å². The minimum absolute atomic E-state index is 0.0760. The van der Waals surface area contributed by atoms with E-state index >= 15 is 0 Å². The number of carbonyl (C=O) groups is 1. The lowest BCUT2D eigenvalue weighted by Crippen LogP contribution is -2.25. The summed E-state index contributed by atoms with van der Waals surface area (Å²) in [6, 6.07) is 9.43. The topological polar surface area (TPSA) is 35.5 Å². The van der Waals surface area contributed by atoms with E-state index in [1.165, 1.54) is 17.7 Å². The van der Waals surface area contributed by atoms with Crippen molar-refractivity contribution < 1.29 is 23.0 Å². The number of fused-ring (bicyclic) bond motifs is 1. The van der Waals surface area contributed by atoms with Crippen LogP contribution in [-0.4, -0.2) is 12.6 Å². The molecule has 1 fully saturated rings. The van der Waals surface area contributed by atoms with Gasteiger partial charge < -0.3 is 9.47 Å². The third kappa shape index (κ3) is 4.23. The molecule has 0 saturated heterocycles. The highest BCUT2D eigenvalue weighted by atomic mass is 19.2. The van der Waals surface area contributed by atoms with Crippen LogP contribution in [0.15, 0.2) is 48.0 Å². The zero-order chi connectivity index (χ0) is 22.0. The SMILES string of the molecule is CCCC1=CCC2C(C(=O)Oc3ccc(-c4ccc(OCC)c(F)c4F)cc3)CCC12. The molecule has 0 bridgehead atoms. The first kappa shape index (κ1) is 21.5. The number of carbonyl (C=O) groups excluding carboxylic acids is 1. The molecule has 0 N–H and O–H groups in total. The molecule has 2 aromatic rings. The summed E-state index contributed by atoms with van der Waals surface area (Å²) in [5.74, 6) is -1.02. The Bertz CT molecular complexity index is 981. The monoisotopic (exact) mass is 426 g/mol. The molecule has 0 spiro atoms. The van der Waals surface area contributed by atoms with Gasteiger partial charge in [0.1, 0.15) is 5.75 Å². The Morgan fingerprint density at radius 1 is 1.03 bits per heavy atom. The summed E-state index contributed by atoms with van der Waals surface area (Å²) in [5.41, 5.74) is 2.15. The first-order valence-electron chi connectivity index (χ1n) is 11.1. The van der Waals surface area contributed by atoms with Gasteiger partial charge in [-0.25, -0.2) is 4.39 Å². The summed E-state index contributed by atoms with van der Waals surface area (Å²) in [6.45, 7) is 4.16. The second-order valence-corrected chi connectivity index (χ2v) is 8.34. The van der Waals surface area contributed by atoms with Crippen LogP contribution in [0, 0.1) is 29.4 Å². The van der Waals surface area contributed by atoms with Crippen molar-refractivity contribution in [2.75, 3.05) is 6.61 Å². The van der Waals surface area contributed by atoms with Crippen molar-refractivity contribution in [1.29, 1.82) is 0 Å². The van der Waals surface area contributed by atoms with Crippen molar-refractivity contribution in [3.63, 3.8) is 0 Å². The molecule has 0 aliphatic heterocycles. The van der Waals surface area contributed by atoms with Gasteiger partial charge in [-0.3, -0.25) is 4.79 Å². The molecule has 4 rings (SSSR count). The highest BCUT2D eigenvalue weighted by Crippen LogP contribution is 2.49. The third-order valence-corrected chi connectivity index (χ3v) is 6.52. The van der Waals surface area contributed by atoms with E-state index in [9.17, 15) is 13.6 Å². The number of hydrogen-bond donors (Lipinski definition) is 0. The molecular formula is C26H28F2O3. The number of allylic oxidation sites excluding steroid dienone is 2. The first-order chi connectivity index (χ1) is 15.0. The lowest BCUT2D eigenvalue weighted by atomic mass is 9.88. The Kier molecular flexibility index (Phi) is 6.40. The van der Waals surface area contributed by atoms with Gasteiger partial charge in [0.05, 0.1) is 12.5 Å². The molecule has 3 nitrogen and oxygen atoms in total. The van der Waals surface area contributed by atoms with Crippen LogP contribution in [0.4, 0.5) is 8.78 Å². The molecule has 2 aliphatic rings. The van der Waals surface area contributed by atoms with E-state index in [-0.39, 0.29) is 29.8 Å². The molecule has 3 atom stereocenters. The Balaban J connectivity index is 1.43. The average Bonchev–Trinajstić information content (AvgIpc) is 3.36. The number of ether oxygens (including phenoxy) is 2. The lowest BCUT2D eigenvalue weighted by molar-refractivity contribution is -0.140. The molecule has 1 saturated carbocycles. The first-order valence-corrected chi connectivity index (χ1v) is 11.1. The number of benzene rings is 2. The van der Waals surface area contributed by atoms with Gasteiger partial charge in [0.15, 0.2) is 11.6 Å². The van der Waals surface area contributed by atoms with Crippen molar-refractivity contribution in [2.24, 2.45) is 17.8 Å². The third-order valence-electron chi connectivity index (χ3n) is 6.52. The molecular weight excluding hydrogens is 398 g/mol. The number of hydrogen-bond acceptors (Lipinski definition) is 3. The Labute approximate surface area is 182 Å². The Hall–Kier alpha value is -2.69. The maximum absolute atomic E-state index is 14.5. The highest BCUT2D eigenvalue weighted by Gasteiger charge is 2.44. The molecule has 0 aromatic heterocycles. The van der Waals surface area contributed by atoms with Crippen LogP contribution >= 0.6 is 0 Å². The zero-order valence-electron chi connectivity index (χ0n) is 18.0. The van der Waals surface area contributed by atoms with Gasteiger partial charge in [-0.2, -0.15) is 4.39 Å². The quantitative estimate of drug-likeness (QED) is 0.280. The van der Waals surface area contributed by atoms with Gasteiger partial charge in [0, 0.05) is 5.56 Å². The number of esters is 1. The van der Waals surface area contributed by atoms with Crippen LogP contribution in [-0.2, 0) is 4.79 Å². The summed E-state index contributed by atoms with van der Waals surface area (Å²) in [4.78, 5) is 12.8. The number of halogens is 2. The summed E-state index contributed by atoms with van der Waals surface area (Å²) in [7, 11) is 0. The maximum atomic E-state index is 14.5. The van der Waals surface area contributed by atoms with Crippen molar-refractivity contribution in [3.8, 4) is 22.6 Å². The molecule has 164 valence electrons. The van der Waals surface area contributed by atoms with E-state index in [4.69, 9.17) is 9.47 Å². The minimum atomic E-state index is -1.00. The fourth-order valence-corrected chi connectivity index (χ4v) is 5.08. The summed E-state index contributed by atoms with van der Waals surface area (Å²) < 4.78 is 39.4. The van der Waals surface area contributed by atoms with Crippen molar-refractivity contribution in [2.45, 2.75) is 46.0 Å². The van der Waals surface area contributed by atoms with E-state index in [1.54, 1.807) is 31.2 Å². The van der Waals surface area contributed by atoms with Crippen LogP contribution in [0.25, 0.3) is 11.1 Å². The predicted molar refractivity (Wildman–Crippen MR) is 116 cm³/mol. The van der Waals surface area contributed by atoms with Gasteiger partial charge in [0.25, 0.3) is 0 Å². The van der Waals surface area contributed by atoms with E-state index in [0.29, 0.717) is 23.1 Å². The van der Waals surface area contributed by atoms with Gasteiger partial charge in [0.2, 0.25) is 5.82 Å². The second-order valence-electron chi connectivity index (χ2n) is 8.34. The summed E-state index contributed by atoms with van der Waals surface area (Å²) >= 11 is 0. The Morgan fingerprint density at radius 2 is 1.81 bits per heavy atom. The van der Waals surface area contributed by atoms with Crippen LogP contribution in [0.5, 0.6) is 11.5 Å². The lowest BCUT2D eigenvalue weighted by Gasteiger charge is -2.19. The molecule has 31 heavy (non-hydrogen) atoms. The number of rotatable bonds is 7. The molecule has 0 heterocycles. The molecule has 2 aromatic carbocycles. The fraction of sp³-hybridized carbons (Fsp3) is 0.423. The molecule has 0 amide bonds. The van der Waals surface area contributed by atoms with Crippen molar-refractivity contribution in [1.82, 2.24) is 0 Å². The van der Waals surface area contributed by atoms with Gasteiger partial charge in [-0.15, -0.1) is 0 Å². The largest absolute Gasteiger partial charge is 0.491 e. The second kappa shape index (κ2) is 9.21. The minimum Gasteiger partial charge on any atom is -0.491 e. The van der Waals surface area contributed by atoms with Gasteiger partial charge >= 0.3 is 5.97 Å². The van der Waals surface area contributed by atoms with Crippen molar-refractivity contribution in [3.05, 3.63) is 59.7 Å². The fourth-order valence-electron chi connectivity index (χ4n) is 5.08. The zero-order valence-corrected chi connectivity index (χ0v) is 18.0. The summed E-state index contributed by atoms with van der Waals surface area (Å²) in [5, 5.41) is 0. The Morgan fingerprint density at radius 3 is 2.52 bits per heavy atom. The van der Waals surface area contributed by atoms with E-state index in [1.807, 2.05) is 0 Å². The highest BCUT2D eigenvalue weighted by molar-refractivity contribution is 5.76. The van der Waals surface area contributed by atoms with Crippen LogP contribution < -0.4 is 9.47 Å². The normalized spacial score (nSPS) is 22.2. The van der Waals surface area contributed by atoms with E-state index in [2.05, 4.69) is 13.0 Å². The van der Waals surface area contributed by atoms with E-state index < -0.39 is 11.6 Å². The van der Waals surface area contributed by atoms with Crippen LogP contribution in [0.3, 0.4) is 0 Å². The van der Waals surface area contributed by atoms with Crippen molar-refractivity contribution >= 4 is 5.97 Å². The smallest absolute Gasteiger partial charge is 0.314 e. The molecule has 2 aliphatic carbocycles. The predicted octanol–water partition coefficient (Wildman–Crippen LogP) is 6.71. The standard InChI is InChI=1S/C26H28F2O3/c1-3-5-16-8-11-21-19(16)12-13-22(21)26(29)31-18-9-6-17(7-10-18)20-14-15-23(30-4-2)25(28)24(20)27/h6-10,14-15,19,21-22H,3-5,11-13H2,1-2H3. The molecule has 5 heteroatoms. The van der Waals surface area contributed by atoms with E-state index in [0.717, 1.165) is 32.1 Å². The van der Waals surface area contributed by atoms with Gasteiger partial charge in [-0.05, 0) is 74.3 Å². The van der Waals surface area contributed by atoms with Crippen LogP contribution in [0.1, 0.15) is 46.0 Å². The average molecular weight is 427 g/mol. The maximum Gasteiger partial charge on any atom is 0.314 e.